The Labute approximate surface area is 167 Å². The molecule has 0 aliphatic rings. The Balaban J connectivity index is 1.57. The Morgan fingerprint density at radius 1 is 1.25 bits per heavy atom. The fourth-order valence-corrected chi connectivity index (χ4v) is 3.34. The van der Waals surface area contributed by atoms with Crippen LogP contribution in [0.2, 0.25) is 0 Å². The highest BCUT2D eigenvalue weighted by Gasteiger charge is 2.18. The van der Waals surface area contributed by atoms with E-state index in [1.54, 1.807) is 16.7 Å². The highest BCUT2D eigenvalue weighted by Crippen LogP contribution is 2.24. The molecule has 0 bridgehead atoms. The number of anilines is 1. The lowest BCUT2D eigenvalue weighted by Crippen LogP contribution is -2.15. The molecule has 0 saturated carbocycles. The minimum Gasteiger partial charge on any atom is -0.483 e. The van der Waals surface area contributed by atoms with Crippen LogP contribution in [-0.2, 0) is 11.8 Å². The molecule has 1 atom stereocenters. The lowest BCUT2D eigenvalue weighted by Gasteiger charge is -2.14. The van der Waals surface area contributed by atoms with Crippen LogP contribution in [0.25, 0.3) is 0 Å². The van der Waals surface area contributed by atoms with Gasteiger partial charge in [-0.2, -0.15) is 0 Å². The SMILES string of the molecule is Cc1cccc(NC(=O)CSc2nnc(C(C)Oc3ccc(F)cc3)n2C)c1. The predicted octanol–water partition coefficient (Wildman–Crippen LogP) is 4.13. The second-order valence-electron chi connectivity index (χ2n) is 6.32. The zero-order chi connectivity index (χ0) is 20.1. The quantitative estimate of drug-likeness (QED) is 0.604. The van der Waals surface area contributed by atoms with Gasteiger partial charge >= 0.3 is 0 Å². The van der Waals surface area contributed by atoms with Crippen molar-refractivity contribution in [1.82, 2.24) is 14.8 Å². The number of rotatable bonds is 7. The molecule has 1 aromatic heterocycles. The molecular weight excluding hydrogens is 379 g/mol. The average molecular weight is 400 g/mol. The van der Waals surface area contributed by atoms with Gasteiger partial charge < -0.3 is 14.6 Å². The zero-order valence-electron chi connectivity index (χ0n) is 15.8. The monoisotopic (exact) mass is 400 g/mol. The Morgan fingerprint density at radius 2 is 2.00 bits per heavy atom. The van der Waals surface area contributed by atoms with Crippen molar-refractivity contribution in [1.29, 1.82) is 0 Å². The van der Waals surface area contributed by atoms with Crippen molar-refractivity contribution in [2.24, 2.45) is 7.05 Å². The fourth-order valence-electron chi connectivity index (χ4n) is 2.63. The van der Waals surface area contributed by atoms with Crippen LogP contribution in [0.3, 0.4) is 0 Å². The van der Waals surface area contributed by atoms with Crippen LogP contribution in [0, 0.1) is 12.7 Å². The van der Waals surface area contributed by atoms with Crippen LogP contribution in [-0.4, -0.2) is 26.4 Å². The van der Waals surface area contributed by atoms with Crippen molar-refractivity contribution in [3.05, 3.63) is 65.7 Å². The van der Waals surface area contributed by atoms with Gasteiger partial charge in [-0.05, 0) is 55.8 Å². The number of carbonyl (C=O) groups is 1. The number of aryl methyl sites for hydroxylation is 1. The highest BCUT2D eigenvalue weighted by molar-refractivity contribution is 7.99. The van der Waals surface area contributed by atoms with Crippen LogP contribution >= 0.6 is 11.8 Å². The van der Waals surface area contributed by atoms with E-state index in [0.717, 1.165) is 11.3 Å². The van der Waals surface area contributed by atoms with Gasteiger partial charge in [0, 0.05) is 12.7 Å². The van der Waals surface area contributed by atoms with Crippen molar-refractivity contribution < 1.29 is 13.9 Å². The summed E-state index contributed by atoms with van der Waals surface area (Å²) in [5, 5.41) is 11.8. The summed E-state index contributed by atoms with van der Waals surface area (Å²) in [4.78, 5) is 12.2. The molecule has 6 nitrogen and oxygen atoms in total. The van der Waals surface area contributed by atoms with Crippen LogP contribution < -0.4 is 10.1 Å². The number of nitrogens with zero attached hydrogens (tertiary/aromatic N) is 3. The van der Waals surface area contributed by atoms with Crippen LogP contribution in [0.15, 0.2) is 53.7 Å². The van der Waals surface area contributed by atoms with Gasteiger partial charge in [-0.3, -0.25) is 4.79 Å². The van der Waals surface area contributed by atoms with Gasteiger partial charge in [0.1, 0.15) is 11.6 Å². The molecule has 146 valence electrons. The molecular formula is C20H21FN4O2S. The molecule has 2 aromatic carbocycles. The summed E-state index contributed by atoms with van der Waals surface area (Å²) < 4.78 is 20.6. The van der Waals surface area contributed by atoms with Gasteiger partial charge in [-0.25, -0.2) is 4.39 Å². The highest BCUT2D eigenvalue weighted by atomic mass is 32.2. The van der Waals surface area contributed by atoms with Crippen molar-refractivity contribution in [2.75, 3.05) is 11.1 Å². The largest absolute Gasteiger partial charge is 0.483 e. The van der Waals surface area contributed by atoms with Gasteiger partial charge in [0.2, 0.25) is 5.91 Å². The number of benzene rings is 2. The molecule has 0 saturated heterocycles. The first-order valence-electron chi connectivity index (χ1n) is 8.73. The third-order valence-corrected chi connectivity index (χ3v) is 5.01. The maximum atomic E-state index is 13.0. The normalized spacial score (nSPS) is 11.9. The summed E-state index contributed by atoms with van der Waals surface area (Å²) in [6.07, 6.45) is -0.376. The molecule has 1 unspecified atom stereocenters. The Morgan fingerprint density at radius 3 is 2.71 bits per heavy atom. The summed E-state index contributed by atoms with van der Waals surface area (Å²) in [6, 6.07) is 13.4. The zero-order valence-corrected chi connectivity index (χ0v) is 16.7. The molecule has 3 aromatic rings. The van der Waals surface area contributed by atoms with Crippen molar-refractivity contribution in [2.45, 2.75) is 25.1 Å². The third-order valence-electron chi connectivity index (χ3n) is 3.99. The van der Waals surface area contributed by atoms with Crippen LogP contribution in [0.1, 0.15) is 24.4 Å². The maximum absolute atomic E-state index is 13.0. The predicted molar refractivity (Wildman–Crippen MR) is 107 cm³/mol. The van der Waals surface area contributed by atoms with E-state index >= 15 is 0 Å². The van der Waals surface area contributed by atoms with E-state index in [4.69, 9.17) is 4.74 Å². The smallest absolute Gasteiger partial charge is 0.234 e. The lowest BCUT2D eigenvalue weighted by atomic mass is 10.2. The van der Waals surface area contributed by atoms with Crippen molar-refractivity contribution in [3.8, 4) is 5.75 Å². The molecule has 0 spiro atoms. The summed E-state index contributed by atoms with van der Waals surface area (Å²) in [5.41, 5.74) is 1.85. The molecule has 1 heterocycles. The fraction of sp³-hybridized carbons (Fsp3) is 0.250. The van der Waals surface area contributed by atoms with Crippen LogP contribution in [0.4, 0.5) is 10.1 Å². The second kappa shape index (κ2) is 8.88. The van der Waals surface area contributed by atoms with Gasteiger partial charge in [0.05, 0.1) is 5.75 Å². The number of amides is 1. The van der Waals surface area contributed by atoms with E-state index in [9.17, 15) is 9.18 Å². The number of hydrogen-bond donors (Lipinski definition) is 1. The van der Waals surface area contributed by atoms with E-state index < -0.39 is 0 Å². The number of ether oxygens (including phenoxy) is 1. The number of carbonyl (C=O) groups excluding carboxylic acids is 1. The molecule has 1 amide bonds. The minimum atomic E-state index is -0.376. The molecule has 3 rings (SSSR count). The second-order valence-corrected chi connectivity index (χ2v) is 7.26. The van der Waals surface area contributed by atoms with E-state index in [1.165, 1.54) is 23.9 Å². The molecule has 0 fully saturated rings. The summed E-state index contributed by atoms with van der Waals surface area (Å²) in [5.74, 6) is 0.944. The van der Waals surface area contributed by atoms with Gasteiger partial charge in [0.25, 0.3) is 0 Å². The number of aromatic nitrogens is 3. The first kappa shape index (κ1) is 19.9. The molecule has 28 heavy (non-hydrogen) atoms. The van der Waals surface area contributed by atoms with Gasteiger partial charge in [-0.1, -0.05) is 23.9 Å². The molecule has 0 aliphatic carbocycles. The summed E-state index contributed by atoms with van der Waals surface area (Å²) in [7, 11) is 1.82. The Hall–Kier alpha value is -2.87. The van der Waals surface area contributed by atoms with Crippen molar-refractivity contribution in [3.63, 3.8) is 0 Å². The first-order chi connectivity index (χ1) is 13.4. The summed E-state index contributed by atoms with van der Waals surface area (Å²) in [6.45, 7) is 3.81. The van der Waals surface area contributed by atoms with Gasteiger partial charge in [-0.15, -0.1) is 10.2 Å². The summed E-state index contributed by atoms with van der Waals surface area (Å²) >= 11 is 1.30. The van der Waals surface area contributed by atoms with E-state index in [2.05, 4.69) is 15.5 Å². The first-order valence-corrected chi connectivity index (χ1v) is 9.72. The standard InChI is InChI=1S/C20H21FN4O2S/c1-13-5-4-6-16(11-13)22-18(26)12-28-20-24-23-19(25(20)3)14(2)27-17-9-7-15(21)8-10-17/h4-11,14H,12H2,1-3H3,(H,22,26). The third kappa shape index (κ3) is 5.10. The molecule has 1 N–H and O–H groups in total. The molecule has 0 radical (unpaired) electrons. The lowest BCUT2D eigenvalue weighted by molar-refractivity contribution is -0.113. The van der Waals surface area contributed by atoms with E-state index in [0.29, 0.717) is 16.7 Å². The Kier molecular flexibility index (Phi) is 6.30. The number of hydrogen-bond acceptors (Lipinski definition) is 5. The average Bonchev–Trinajstić information content (AvgIpc) is 3.02. The maximum Gasteiger partial charge on any atom is 0.234 e. The topological polar surface area (TPSA) is 69.0 Å². The van der Waals surface area contributed by atoms with E-state index in [-0.39, 0.29) is 23.6 Å². The minimum absolute atomic E-state index is 0.115. The van der Waals surface area contributed by atoms with Gasteiger partial charge in [0.15, 0.2) is 17.1 Å². The molecule has 0 aliphatic heterocycles. The molecule has 8 heteroatoms. The number of nitrogens with one attached hydrogen (secondary N) is 1. The Bertz CT molecular complexity index is 959. The van der Waals surface area contributed by atoms with E-state index in [1.807, 2.05) is 45.2 Å². The number of thioether (sulfide) groups is 1. The van der Waals surface area contributed by atoms with Crippen molar-refractivity contribution >= 4 is 23.4 Å². The van der Waals surface area contributed by atoms with Crippen LogP contribution in [0.5, 0.6) is 5.75 Å². The number of halogens is 1.